The number of rotatable bonds is 5. The molecule has 2 aromatic heterocycles. The van der Waals surface area contributed by atoms with Crippen LogP contribution in [0.3, 0.4) is 0 Å². The van der Waals surface area contributed by atoms with Gasteiger partial charge in [0.1, 0.15) is 5.01 Å². The summed E-state index contributed by atoms with van der Waals surface area (Å²) in [5.74, 6) is 0. The zero-order chi connectivity index (χ0) is 16.4. The zero-order valence-electron chi connectivity index (χ0n) is 13.4. The summed E-state index contributed by atoms with van der Waals surface area (Å²) in [6, 6.07) is 10.4. The molecule has 0 radical (unpaired) electrons. The van der Waals surface area contributed by atoms with Crippen molar-refractivity contribution in [3.63, 3.8) is 0 Å². The van der Waals surface area contributed by atoms with Crippen molar-refractivity contribution in [2.75, 3.05) is 0 Å². The Bertz CT molecular complexity index is 854. The third kappa shape index (κ3) is 3.10. The number of thiazole rings is 1. The van der Waals surface area contributed by atoms with Crippen LogP contribution in [-0.4, -0.2) is 26.6 Å². The first-order valence-electron chi connectivity index (χ1n) is 8.07. The monoisotopic (exact) mass is 338 g/mol. The first kappa shape index (κ1) is 15.1. The van der Waals surface area contributed by atoms with Gasteiger partial charge in [0.2, 0.25) is 0 Å². The van der Waals surface area contributed by atoms with Crippen LogP contribution < -0.4 is 0 Å². The molecule has 0 amide bonds. The van der Waals surface area contributed by atoms with Crippen molar-refractivity contribution in [3.8, 4) is 21.8 Å². The Labute approximate surface area is 144 Å². The molecule has 0 aliphatic carbocycles. The Hall–Kier alpha value is -2.47. The molecule has 6 heteroatoms. The first-order chi connectivity index (χ1) is 11.8. The summed E-state index contributed by atoms with van der Waals surface area (Å²) in [5, 5.41) is 11.8. The zero-order valence-corrected chi connectivity index (χ0v) is 14.2. The number of hydrogen-bond acceptors (Lipinski definition) is 5. The summed E-state index contributed by atoms with van der Waals surface area (Å²) in [6.07, 6.45) is 5.76. The molecule has 1 unspecified atom stereocenters. The Kier molecular flexibility index (Phi) is 4.13. The molecule has 1 aromatic carbocycles. The average molecular weight is 338 g/mol. The molecule has 24 heavy (non-hydrogen) atoms. The van der Waals surface area contributed by atoms with Crippen LogP contribution in [0.15, 0.2) is 53.3 Å². The number of nitrogens with zero attached hydrogens (tertiary/aromatic N) is 4. The summed E-state index contributed by atoms with van der Waals surface area (Å²) in [6.45, 7) is 2.82. The summed E-state index contributed by atoms with van der Waals surface area (Å²) >= 11 is 1.64. The lowest BCUT2D eigenvalue weighted by atomic mass is 10.1. The van der Waals surface area contributed by atoms with Crippen molar-refractivity contribution in [2.24, 2.45) is 5.16 Å². The predicted octanol–water partition coefficient (Wildman–Crippen LogP) is 4.23. The fraction of sp³-hybridized carbons (Fsp3) is 0.278. The Balaban J connectivity index is 1.50. The van der Waals surface area contributed by atoms with Crippen molar-refractivity contribution in [1.29, 1.82) is 0 Å². The molecule has 1 aliphatic rings. The molecule has 5 nitrogen and oxygen atoms in total. The van der Waals surface area contributed by atoms with Gasteiger partial charge in [0, 0.05) is 35.3 Å². The quantitative estimate of drug-likeness (QED) is 0.699. The second kappa shape index (κ2) is 6.57. The normalized spacial score (nSPS) is 16.9. The summed E-state index contributed by atoms with van der Waals surface area (Å²) < 4.78 is 1.93. The van der Waals surface area contributed by atoms with Gasteiger partial charge in [0.05, 0.1) is 18.0 Å². The second-order valence-corrected chi connectivity index (χ2v) is 6.68. The van der Waals surface area contributed by atoms with Crippen molar-refractivity contribution in [1.82, 2.24) is 14.8 Å². The van der Waals surface area contributed by atoms with Gasteiger partial charge >= 0.3 is 0 Å². The molecule has 1 aliphatic heterocycles. The minimum Gasteiger partial charge on any atom is -0.390 e. The third-order valence-electron chi connectivity index (χ3n) is 4.07. The van der Waals surface area contributed by atoms with Crippen LogP contribution in [0.4, 0.5) is 0 Å². The summed E-state index contributed by atoms with van der Waals surface area (Å²) in [5.41, 5.74) is 4.31. The van der Waals surface area contributed by atoms with Gasteiger partial charge in [-0.05, 0) is 18.6 Å². The average Bonchev–Trinajstić information content (AvgIpc) is 3.37. The van der Waals surface area contributed by atoms with E-state index >= 15 is 0 Å². The van der Waals surface area contributed by atoms with E-state index < -0.39 is 0 Å². The van der Waals surface area contributed by atoms with E-state index in [0.29, 0.717) is 0 Å². The van der Waals surface area contributed by atoms with Gasteiger partial charge < -0.3 is 4.84 Å². The lowest BCUT2D eigenvalue weighted by Gasteiger charge is -2.08. The van der Waals surface area contributed by atoms with E-state index in [1.165, 1.54) is 0 Å². The van der Waals surface area contributed by atoms with E-state index in [1.807, 2.05) is 34.6 Å². The molecule has 0 fully saturated rings. The maximum atomic E-state index is 5.46. The van der Waals surface area contributed by atoms with Gasteiger partial charge in [-0.25, -0.2) is 4.98 Å². The molecular formula is C18H18N4OS. The van der Waals surface area contributed by atoms with Crippen LogP contribution in [0.25, 0.3) is 21.8 Å². The number of oxime groups is 1. The fourth-order valence-electron chi connectivity index (χ4n) is 2.80. The van der Waals surface area contributed by atoms with Crippen LogP contribution in [0.1, 0.15) is 19.8 Å². The van der Waals surface area contributed by atoms with E-state index in [2.05, 4.69) is 40.4 Å². The minimum atomic E-state index is 0.0920. The van der Waals surface area contributed by atoms with Gasteiger partial charge in [-0.15, -0.1) is 11.3 Å². The smallest absolute Gasteiger partial charge is 0.152 e. The van der Waals surface area contributed by atoms with Crippen LogP contribution in [-0.2, 0) is 11.4 Å². The van der Waals surface area contributed by atoms with E-state index in [0.717, 1.165) is 46.9 Å². The summed E-state index contributed by atoms with van der Waals surface area (Å²) in [4.78, 5) is 9.84. The van der Waals surface area contributed by atoms with Crippen LogP contribution >= 0.6 is 11.3 Å². The molecule has 1 atom stereocenters. The molecule has 0 saturated carbocycles. The second-order valence-electron chi connectivity index (χ2n) is 5.78. The van der Waals surface area contributed by atoms with Crippen molar-refractivity contribution in [2.45, 2.75) is 32.4 Å². The molecule has 4 rings (SSSR count). The molecule has 0 saturated heterocycles. The SMILES string of the molecule is CCC1=NOC(Cn2ccc(-c3cccc(-c4nccs4)c3)n2)C1. The van der Waals surface area contributed by atoms with Crippen LogP contribution in [0, 0.1) is 0 Å². The van der Waals surface area contributed by atoms with Crippen LogP contribution in [0.2, 0.25) is 0 Å². The maximum Gasteiger partial charge on any atom is 0.152 e. The summed E-state index contributed by atoms with van der Waals surface area (Å²) in [7, 11) is 0. The van der Waals surface area contributed by atoms with Gasteiger partial charge in [0.25, 0.3) is 0 Å². The molecule has 3 aromatic rings. The highest BCUT2D eigenvalue weighted by Crippen LogP contribution is 2.26. The molecule has 0 N–H and O–H groups in total. The lowest BCUT2D eigenvalue weighted by Crippen LogP contribution is -2.16. The highest BCUT2D eigenvalue weighted by Gasteiger charge is 2.20. The van der Waals surface area contributed by atoms with Gasteiger partial charge in [-0.2, -0.15) is 5.10 Å². The molecule has 0 spiro atoms. The first-order valence-corrected chi connectivity index (χ1v) is 8.95. The van der Waals surface area contributed by atoms with E-state index in [-0.39, 0.29) is 6.10 Å². The van der Waals surface area contributed by atoms with Gasteiger partial charge in [-0.3, -0.25) is 4.68 Å². The van der Waals surface area contributed by atoms with E-state index in [4.69, 9.17) is 4.84 Å². The predicted molar refractivity (Wildman–Crippen MR) is 96.0 cm³/mol. The highest BCUT2D eigenvalue weighted by atomic mass is 32.1. The molecule has 0 bridgehead atoms. The fourth-order valence-corrected chi connectivity index (χ4v) is 3.43. The number of hydrogen-bond donors (Lipinski definition) is 0. The lowest BCUT2D eigenvalue weighted by molar-refractivity contribution is 0.0698. The van der Waals surface area contributed by atoms with Gasteiger partial charge in [0.15, 0.2) is 6.10 Å². The van der Waals surface area contributed by atoms with Crippen molar-refractivity contribution < 1.29 is 4.84 Å². The topological polar surface area (TPSA) is 52.3 Å². The Morgan fingerprint density at radius 3 is 3.00 bits per heavy atom. The van der Waals surface area contributed by atoms with Crippen LogP contribution in [0.5, 0.6) is 0 Å². The number of aromatic nitrogens is 3. The van der Waals surface area contributed by atoms with E-state index in [9.17, 15) is 0 Å². The van der Waals surface area contributed by atoms with Crippen molar-refractivity contribution >= 4 is 17.0 Å². The highest BCUT2D eigenvalue weighted by molar-refractivity contribution is 7.13. The Morgan fingerprint density at radius 2 is 2.21 bits per heavy atom. The molecular weight excluding hydrogens is 320 g/mol. The maximum absolute atomic E-state index is 5.46. The molecule has 3 heterocycles. The van der Waals surface area contributed by atoms with E-state index in [1.54, 1.807) is 11.3 Å². The number of benzene rings is 1. The standard InChI is InChI=1S/C18H18N4OS/c1-2-15-11-16(23-21-15)12-22-8-6-17(20-22)13-4-3-5-14(10-13)18-19-7-9-24-18/h3-10,16H,2,11-12H2,1H3. The van der Waals surface area contributed by atoms with Crippen molar-refractivity contribution in [3.05, 3.63) is 48.1 Å². The Morgan fingerprint density at radius 1 is 1.29 bits per heavy atom. The minimum absolute atomic E-state index is 0.0920. The van der Waals surface area contributed by atoms with Gasteiger partial charge in [-0.1, -0.05) is 30.3 Å². The largest absolute Gasteiger partial charge is 0.390 e. The third-order valence-corrected chi connectivity index (χ3v) is 4.89. The molecule has 122 valence electrons.